The van der Waals surface area contributed by atoms with Crippen molar-refractivity contribution in [2.75, 3.05) is 26.7 Å². The van der Waals surface area contributed by atoms with E-state index in [0.717, 1.165) is 26.0 Å². The molecule has 0 saturated carbocycles. The number of likely N-dealkylation sites (N-methyl/N-ethyl adjacent to an activating group) is 1. The van der Waals surface area contributed by atoms with E-state index in [4.69, 9.17) is 4.74 Å². The SMILES string of the molecule is C[C@@H](CNC(=O)NC[C@H]1CCCO1)N(C)Cc1ccccc1. The number of rotatable bonds is 7. The average Bonchev–Trinajstić information content (AvgIpc) is 3.05. The zero-order valence-electron chi connectivity index (χ0n) is 13.5. The van der Waals surface area contributed by atoms with Gasteiger partial charge in [0.25, 0.3) is 0 Å². The minimum atomic E-state index is -0.115. The van der Waals surface area contributed by atoms with Crippen LogP contribution in [0.4, 0.5) is 4.79 Å². The van der Waals surface area contributed by atoms with Crippen LogP contribution < -0.4 is 10.6 Å². The number of hydrogen-bond donors (Lipinski definition) is 2. The van der Waals surface area contributed by atoms with Crippen molar-refractivity contribution in [3.05, 3.63) is 35.9 Å². The number of hydrogen-bond acceptors (Lipinski definition) is 3. The number of nitrogens with one attached hydrogen (secondary N) is 2. The molecule has 1 aromatic carbocycles. The monoisotopic (exact) mass is 305 g/mol. The van der Waals surface area contributed by atoms with Crippen LogP contribution >= 0.6 is 0 Å². The van der Waals surface area contributed by atoms with Crippen molar-refractivity contribution in [2.45, 2.75) is 38.5 Å². The van der Waals surface area contributed by atoms with Gasteiger partial charge >= 0.3 is 6.03 Å². The van der Waals surface area contributed by atoms with Crippen molar-refractivity contribution in [1.29, 1.82) is 0 Å². The maximum Gasteiger partial charge on any atom is 0.314 e. The highest BCUT2D eigenvalue weighted by molar-refractivity contribution is 5.73. The van der Waals surface area contributed by atoms with Gasteiger partial charge in [-0.2, -0.15) is 0 Å². The number of urea groups is 1. The second-order valence-electron chi connectivity index (χ2n) is 5.98. The van der Waals surface area contributed by atoms with Gasteiger partial charge in [-0.3, -0.25) is 4.90 Å². The maximum atomic E-state index is 11.8. The smallest absolute Gasteiger partial charge is 0.314 e. The first-order valence-electron chi connectivity index (χ1n) is 8.02. The summed E-state index contributed by atoms with van der Waals surface area (Å²) >= 11 is 0. The molecule has 2 N–H and O–H groups in total. The Hall–Kier alpha value is -1.59. The summed E-state index contributed by atoms with van der Waals surface area (Å²) in [6.07, 6.45) is 2.31. The summed E-state index contributed by atoms with van der Waals surface area (Å²) in [7, 11) is 2.07. The molecule has 1 aromatic rings. The van der Waals surface area contributed by atoms with Crippen LogP contribution in [-0.2, 0) is 11.3 Å². The van der Waals surface area contributed by atoms with Gasteiger partial charge in [-0.15, -0.1) is 0 Å². The van der Waals surface area contributed by atoms with Crippen LogP contribution in [0.3, 0.4) is 0 Å². The van der Waals surface area contributed by atoms with Crippen molar-refractivity contribution >= 4 is 6.03 Å². The molecule has 1 aliphatic rings. The van der Waals surface area contributed by atoms with Crippen molar-refractivity contribution < 1.29 is 9.53 Å². The molecule has 1 heterocycles. The molecule has 5 heteroatoms. The number of nitrogens with zero attached hydrogens (tertiary/aromatic N) is 1. The molecule has 0 bridgehead atoms. The third-order valence-corrected chi connectivity index (χ3v) is 4.10. The van der Waals surface area contributed by atoms with Gasteiger partial charge in [-0.05, 0) is 32.4 Å². The number of benzene rings is 1. The largest absolute Gasteiger partial charge is 0.376 e. The van der Waals surface area contributed by atoms with Gasteiger partial charge in [0, 0.05) is 32.3 Å². The first kappa shape index (κ1) is 16.8. The second kappa shape index (κ2) is 8.76. The highest BCUT2D eigenvalue weighted by Gasteiger charge is 2.16. The zero-order chi connectivity index (χ0) is 15.8. The molecule has 0 aliphatic carbocycles. The lowest BCUT2D eigenvalue weighted by molar-refractivity contribution is 0.111. The summed E-state index contributed by atoms with van der Waals surface area (Å²) in [4.78, 5) is 14.0. The summed E-state index contributed by atoms with van der Waals surface area (Å²) in [6.45, 7) is 5.03. The Kier molecular flexibility index (Phi) is 6.68. The summed E-state index contributed by atoms with van der Waals surface area (Å²) in [5, 5.41) is 5.80. The lowest BCUT2D eigenvalue weighted by atomic mass is 10.2. The Morgan fingerprint density at radius 2 is 2.14 bits per heavy atom. The van der Waals surface area contributed by atoms with Crippen molar-refractivity contribution in [1.82, 2.24) is 15.5 Å². The standard InChI is InChI=1S/C17H27N3O2/c1-14(20(2)13-15-7-4-3-5-8-15)11-18-17(21)19-12-16-9-6-10-22-16/h3-5,7-8,14,16H,6,9-13H2,1-2H3,(H2,18,19,21)/t14-,16+/m0/s1. The van der Waals surface area contributed by atoms with Crippen LogP contribution in [0.25, 0.3) is 0 Å². The fourth-order valence-electron chi connectivity index (χ4n) is 2.50. The molecule has 122 valence electrons. The zero-order valence-corrected chi connectivity index (χ0v) is 13.5. The quantitative estimate of drug-likeness (QED) is 0.810. The molecule has 2 atom stereocenters. The van der Waals surface area contributed by atoms with E-state index in [1.807, 2.05) is 18.2 Å². The Balaban J connectivity index is 1.63. The Labute approximate surface area is 133 Å². The fraction of sp³-hybridized carbons (Fsp3) is 0.588. The van der Waals surface area contributed by atoms with Crippen molar-refractivity contribution in [2.24, 2.45) is 0 Å². The highest BCUT2D eigenvalue weighted by Crippen LogP contribution is 2.10. The molecular weight excluding hydrogens is 278 g/mol. The van der Waals surface area contributed by atoms with Gasteiger partial charge in [0.1, 0.15) is 0 Å². The lowest BCUT2D eigenvalue weighted by Crippen LogP contribution is -2.45. The Morgan fingerprint density at radius 1 is 1.36 bits per heavy atom. The maximum absolute atomic E-state index is 11.8. The molecule has 1 fully saturated rings. The van der Waals surface area contributed by atoms with Crippen LogP contribution in [0.1, 0.15) is 25.3 Å². The third kappa shape index (κ3) is 5.66. The molecule has 1 saturated heterocycles. The molecule has 0 spiro atoms. The van der Waals surface area contributed by atoms with E-state index in [0.29, 0.717) is 13.1 Å². The van der Waals surface area contributed by atoms with Gasteiger partial charge < -0.3 is 15.4 Å². The minimum Gasteiger partial charge on any atom is -0.376 e. The van der Waals surface area contributed by atoms with E-state index < -0.39 is 0 Å². The summed E-state index contributed by atoms with van der Waals surface area (Å²) in [5.74, 6) is 0. The van der Waals surface area contributed by atoms with Crippen molar-refractivity contribution in [3.8, 4) is 0 Å². The molecule has 2 rings (SSSR count). The highest BCUT2D eigenvalue weighted by atomic mass is 16.5. The van der Waals surface area contributed by atoms with E-state index in [9.17, 15) is 4.79 Å². The van der Waals surface area contributed by atoms with E-state index >= 15 is 0 Å². The van der Waals surface area contributed by atoms with E-state index in [1.54, 1.807) is 0 Å². The van der Waals surface area contributed by atoms with E-state index in [2.05, 4.69) is 41.6 Å². The molecule has 0 aromatic heterocycles. The number of carbonyl (C=O) groups excluding carboxylic acids is 1. The first-order valence-corrected chi connectivity index (χ1v) is 8.02. The molecule has 0 radical (unpaired) electrons. The van der Waals surface area contributed by atoms with E-state index in [1.165, 1.54) is 5.56 Å². The van der Waals surface area contributed by atoms with E-state index in [-0.39, 0.29) is 18.2 Å². The minimum absolute atomic E-state index is 0.115. The normalized spacial score (nSPS) is 19.1. The molecule has 0 unspecified atom stereocenters. The average molecular weight is 305 g/mol. The topological polar surface area (TPSA) is 53.6 Å². The fourth-order valence-corrected chi connectivity index (χ4v) is 2.50. The third-order valence-electron chi connectivity index (χ3n) is 4.10. The molecule has 1 aliphatic heterocycles. The molecule has 2 amide bonds. The van der Waals surface area contributed by atoms with Gasteiger partial charge in [-0.25, -0.2) is 4.79 Å². The van der Waals surface area contributed by atoms with Crippen LogP contribution in [0.2, 0.25) is 0 Å². The Morgan fingerprint density at radius 3 is 2.82 bits per heavy atom. The first-order chi connectivity index (χ1) is 10.6. The van der Waals surface area contributed by atoms with Gasteiger partial charge in [0.15, 0.2) is 0 Å². The Bertz CT molecular complexity index is 446. The predicted octanol–water partition coefficient (Wildman–Crippen LogP) is 1.99. The van der Waals surface area contributed by atoms with Crippen LogP contribution in [0.15, 0.2) is 30.3 Å². The van der Waals surface area contributed by atoms with Crippen molar-refractivity contribution in [3.63, 3.8) is 0 Å². The number of carbonyl (C=O) groups is 1. The number of ether oxygens (including phenoxy) is 1. The number of amides is 2. The van der Waals surface area contributed by atoms with Crippen LogP contribution in [0, 0.1) is 0 Å². The summed E-state index contributed by atoms with van der Waals surface area (Å²) in [6, 6.07) is 10.5. The van der Waals surface area contributed by atoms with Gasteiger partial charge in [-0.1, -0.05) is 30.3 Å². The molecule has 22 heavy (non-hydrogen) atoms. The van der Waals surface area contributed by atoms with Gasteiger partial charge in [0.05, 0.1) is 6.10 Å². The van der Waals surface area contributed by atoms with Gasteiger partial charge in [0.2, 0.25) is 0 Å². The second-order valence-corrected chi connectivity index (χ2v) is 5.98. The summed E-state index contributed by atoms with van der Waals surface area (Å²) in [5.41, 5.74) is 1.28. The summed E-state index contributed by atoms with van der Waals surface area (Å²) < 4.78 is 5.48. The van der Waals surface area contributed by atoms with Crippen LogP contribution in [-0.4, -0.2) is 49.8 Å². The predicted molar refractivity (Wildman–Crippen MR) is 87.7 cm³/mol. The van der Waals surface area contributed by atoms with Crippen LogP contribution in [0.5, 0.6) is 0 Å². The molecule has 5 nitrogen and oxygen atoms in total. The lowest BCUT2D eigenvalue weighted by Gasteiger charge is -2.25. The molecular formula is C17H27N3O2.